The molecule has 1 aromatic rings. The molecule has 0 fully saturated rings. The van der Waals surface area contributed by atoms with E-state index in [0.29, 0.717) is 23.2 Å². The largest absolute Gasteiger partial charge is 0.543 e. The van der Waals surface area contributed by atoms with Crippen molar-refractivity contribution in [1.82, 2.24) is 4.90 Å². The fourth-order valence-electron chi connectivity index (χ4n) is 4.06. The van der Waals surface area contributed by atoms with Gasteiger partial charge >= 0.3 is 6.09 Å². The molecule has 1 aliphatic heterocycles. The molecule has 1 aromatic heterocycles. The maximum Gasteiger partial charge on any atom is 0.414 e. The van der Waals surface area contributed by atoms with Crippen molar-refractivity contribution in [3.8, 4) is 0 Å². The third-order valence-corrected chi connectivity index (χ3v) is 12.0. The van der Waals surface area contributed by atoms with Gasteiger partial charge in [-0.3, -0.25) is 4.90 Å². The number of nitrogens with zero attached hydrogens (tertiary/aromatic N) is 1. The highest BCUT2D eigenvalue weighted by Crippen LogP contribution is 2.49. The second kappa shape index (κ2) is 7.95. The maximum absolute atomic E-state index is 12.3. The van der Waals surface area contributed by atoms with Gasteiger partial charge in [0.25, 0.3) is 8.32 Å². The first-order valence-corrected chi connectivity index (χ1v) is 12.2. The highest BCUT2D eigenvalue weighted by Gasteiger charge is 2.50. The van der Waals surface area contributed by atoms with Crippen molar-refractivity contribution in [3.05, 3.63) is 34.3 Å². The van der Waals surface area contributed by atoms with Gasteiger partial charge in [-0.25, -0.2) is 4.79 Å². The maximum atomic E-state index is 12.3. The zero-order valence-electron chi connectivity index (χ0n) is 16.4. The lowest BCUT2D eigenvalue weighted by Crippen LogP contribution is -2.51. The van der Waals surface area contributed by atoms with E-state index in [1.165, 1.54) is 0 Å². The molecule has 0 aliphatic carbocycles. The van der Waals surface area contributed by atoms with E-state index < -0.39 is 8.32 Å². The van der Waals surface area contributed by atoms with Gasteiger partial charge in [-0.2, -0.15) is 0 Å². The van der Waals surface area contributed by atoms with Gasteiger partial charge in [-0.1, -0.05) is 47.6 Å². The van der Waals surface area contributed by atoms with E-state index >= 15 is 0 Å². The Labute approximate surface area is 157 Å². The first kappa shape index (κ1) is 20.0. The Morgan fingerprint density at radius 2 is 1.80 bits per heavy atom. The molecule has 0 saturated carbocycles. The molecule has 0 aromatic carbocycles. The summed E-state index contributed by atoms with van der Waals surface area (Å²) in [6.07, 6.45) is 1.52. The van der Waals surface area contributed by atoms with Crippen LogP contribution in [0.4, 0.5) is 4.79 Å². The molecule has 140 valence electrons. The van der Waals surface area contributed by atoms with Crippen molar-refractivity contribution in [1.29, 1.82) is 0 Å². The molecule has 1 atom stereocenters. The molecule has 25 heavy (non-hydrogen) atoms. The van der Waals surface area contributed by atoms with Gasteiger partial charge < -0.3 is 9.16 Å². The lowest BCUT2D eigenvalue weighted by atomic mass is 10.1. The van der Waals surface area contributed by atoms with E-state index in [4.69, 9.17) is 9.16 Å². The summed E-state index contributed by atoms with van der Waals surface area (Å²) in [6.45, 7) is 15.8. The molecule has 1 unspecified atom stereocenters. The van der Waals surface area contributed by atoms with Crippen molar-refractivity contribution in [2.75, 3.05) is 6.61 Å². The zero-order chi connectivity index (χ0) is 18.8. The van der Waals surface area contributed by atoms with Crippen LogP contribution < -0.4 is 0 Å². The van der Waals surface area contributed by atoms with Crippen LogP contribution in [0, 0.1) is 0 Å². The summed E-state index contributed by atoms with van der Waals surface area (Å²) in [4.78, 5) is 15.0. The van der Waals surface area contributed by atoms with Gasteiger partial charge in [0, 0.05) is 4.88 Å². The molecule has 6 heteroatoms. The summed E-state index contributed by atoms with van der Waals surface area (Å²) in [6, 6.07) is 3.92. The van der Waals surface area contributed by atoms with Crippen LogP contribution in [0.15, 0.2) is 29.5 Å². The molecule has 0 spiro atoms. The molecule has 2 rings (SSSR count). The lowest BCUT2D eigenvalue weighted by molar-refractivity contribution is 0.0900. The normalized spacial score (nSPS) is 17.8. The number of thiophene rings is 1. The highest BCUT2D eigenvalue weighted by atomic mass is 32.1. The van der Waals surface area contributed by atoms with Crippen molar-refractivity contribution in [3.63, 3.8) is 0 Å². The summed E-state index contributed by atoms with van der Waals surface area (Å²) in [5.74, 6) is 0.915. The molecule has 1 amide bonds. The second-order valence-electron chi connectivity index (χ2n) is 7.48. The predicted octanol–water partition coefficient (Wildman–Crippen LogP) is 6.29. The molecule has 0 radical (unpaired) electrons. The molecular formula is C19H31NO3SSi. The molecule has 4 nitrogen and oxygen atoms in total. The van der Waals surface area contributed by atoms with E-state index in [2.05, 4.69) is 47.6 Å². The summed E-state index contributed by atoms with van der Waals surface area (Å²) < 4.78 is 12.0. The number of amides is 1. The molecule has 0 bridgehead atoms. The van der Waals surface area contributed by atoms with Crippen LogP contribution in [-0.4, -0.2) is 25.9 Å². The van der Waals surface area contributed by atoms with Crippen LogP contribution in [0.3, 0.4) is 0 Å². The van der Waals surface area contributed by atoms with Crippen molar-refractivity contribution >= 4 is 25.7 Å². The SMILES string of the molecule is CCOC(=O)N1C=C(O[Si](C(C)C)(C(C)C)C(C)C)C1c1cccs1. The van der Waals surface area contributed by atoms with Gasteiger partial charge in [-0.15, -0.1) is 11.3 Å². The van der Waals surface area contributed by atoms with Crippen LogP contribution >= 0.6 is 11.3 Å². The molecule has 2 heterocycles. The van der Waals surface area contributed by atoms with Gasteiger partial charge in [0.15, 0.2) is 0 Å². The van der Waals surface area contributed by atoms with E-state index in [0.717, 1.165) is 10.6 Å². The van der Waals surface area contributed by atoms with Gasteiger partial charge in [0.2, 0.25) is 0 Å². The Morgan fingerprint density at radius 3 is 2.24 bits per heavy atom. The number of hydrogen-bond acceptors (Lipinski definition) is 4. The summed E-state index contributed by atoms with van der Waals surface area (Å²) in [5, 5.41) is 2.03. The second-order valence-corrected chi connectivity index (χ2v) is 13.8. The molecular weight excluding hydrogens is 350 g/mol. The number of carbonyl (C=O) groups excluding carboxylic acids is 1. The number of ether oxygens (including phenoxy) is 1. The summed E-state index contributed by atoms with van der Waals surface area (Å²) >= 11 is 1.65. The average molecular weight is 382 g/mol. The third kappa shape index (κ3) is 3.65. The van der Waals surface area contributed by atoms with Gasteiger partial charge in [0.1, 0.15) is 11.8 Å². The Bertz CT molecular complexity index is 588. The fraction of sp³-hybridized carbons (Fsp3) is 0.632. The van der Waals surface area contributed by atoms with Crippen LogP contribution in [-0.2, 0) is 9.16 Å². The fourth-order valence-corrected chi connectivity index (χ4v) is 10.2. The van der Waals surface area contributed by atoms with Crippen molar-refractivity contribution < 1.29 is 14.0 Å². The van der Waals surface area contributed by atoms with E-state index in [-0.39, 0.29) is 12.1 Å². The van der Waals surface area contributed by atoms with Crippen molar-refractivity contribution in [2.24, 2.45) is 0 Å². The summed E-state index contributed by atoms with van der Waals surface area (Å²) in [5.41, 5.74) is 1.48. The van der Waals surface area contributed by atoms with Crippen LogP contribution in [0.25, 0.3) is 0 Å². The Hall–Kier alpha value is -1.27. The van der Waals surface area contributed by atoms with E-state index in [1.807, 2.05) is 24.6 Å². The van der Waals surface area contributed by atoms with Gasteiger partial charge in [-0.05, 0) is 35.0 Å². The first-order chi connectivity index (χ1) is 11.8. The standard InChI is InChI=1S/C19H31NO3SSi/c1-8-22-19(21)20-12-16(18(20)17-10-9-11-24-17)23-25(13(2)3,14(4)5)15(6)7/h9-15,18H,8H2,1-7H3. The minimum Gasteiger partial charge on any atom is -0.543 e. The number of rotatable bonds is 7. The Kier molecular flexibility index (Phi) is 6.38. The average Bonchev–Trinajstić information content (AvgIpc) is 2.99. The first-order valence-electron chi connectivity index (χ1n) is 9.14. The summed E-state index contributed by atoms with van der Waals surface area (Å²) in [7, 11) is -2.04. The smallest absolute Gasteiger partial charge is 0.414 e. The predicted molar refractivity (Wildman–Crippen MR) is 106 cm³/mol. The highest BCUT2D eigenvalue weighted by molar-refractivity contribution is 7.10. The molecule has 1 aliphatic rings. The Balaban J connectivity index is 2.35. The minimum absolute atomic E-state index is 0.151. The van der Waals surface area contributed by atoms with Crippen LogP contribution in [0.1, 0.15) is 59.4 Å². The lowest BCUT2D eigenvalue weighted by Gasteiger charge is -2.47. The van der Waals surface area contributed by atoms with E-state index in [1.54, 1.807) is 16.2 Å². The molecule has 0 saturated heterocycles. The zero-order valence-corrected chi connectivity index (χ0v) is 18.2. The Morgan fingerprint density at radius 1 is 1.20 bits per heavy atom. The van der Waals surface area contributed by atoms with Crippen molar-refractivity contribution in [2.45, 2.75) is 71.1 Å². The topological polar surface area (TPSA) is 38.8 Å². The number of hydrogen-bond donors (Lipinski definition) is 0. The van der Waals surface area contributed by atoms with Crippen LogP contribution in [0.2, 0.25) is 16.6 Å². The van der Waals surface area contributed by atoms with Crippen LogP contribution in [0.5, 0.6) is 0 Å². The number of carbonyl (C=O) groups is 1. The minimum atomic E-state index is -2.04. The monoisotopic (exact) mass is 381 g/mol. The molecule has 0 N–H and O–H groups in total. The van der Waals surface area contributed by atoms with Gasteiger partial charge in [0.05, 0.1) is 12.8 Å². The third-order valence-electron chi connectivity index (χ3n) is 5.11. The quantitative estimate of drug-likeness (QED) is 0.521. The van der Waals surface area contributed by atoms with E-state index in [9.17, 15) is 4.79 Å².